The fourth-order valence-corrected chi connectivity index (χ4v) is 2.87. The number of hydrogen-bond acceptors (Lipinski definition) is 1. The molecule has 1 N–H and O–H groups in total. The van der Waals surface area contributed by atoms with Gasteiger partial charge in [-0.25, -0.2) is 0 Å². The molecule has 0 saturated heterocycles. The van der Waals surface area contributed by atoms with Crippen molar-refractivity contribution < 1.29 is 0 Å². The quantitative estimate of drug-likeness (QED) is 0.732. The molecule has 100 valence electrons. The van der Waals surface area contributed by atoms with Crippen molar-refractivity contribution in [1.29, 1.82) is 0 Å². The summed E-state index contributed by atoms with van der Waals surface area (Å²) in [6.45, 7) is 0. The fourth-order valence-electron chi connectivity index (χ4n) is 2.35. The van der Waals surface area contributed by atoms with Crippen LogP contribution < -0.4 is 0 Å². The highest BCUT2D eigenvalue weighted by molar-refractivity contribution is 6.35. The molecule has 3 aromatic rings. The van der Waals surface area contributed by atoms with E-state index in [2.05, 4.69) is 22.3 Å². The predicted octanol–water partition coefficient (Wildman–Crippen LogP) is 4.90. The summed E-state index contributed by atoms with van der Waals surface area (Å²) >= 11 is 12.4. The Morgan fingerprint density at radius 3 is 2.40 bits per heavy atom. The standard InChI is InChI=1S/C16H12Cl2N2/c17-13-6-7-14(15(18)8-13)16(12-9-19-20-10-12)11-4-2-1-3-5-11/h1-10,16H,(H,19,20). The van der Waals surface area contributed by atoms with Gasteiger partial charge in [-0.2, -0.15) is 5.10 Å². The number of aromatic nitrogens is 2. The van der Waals surface area contributed by atoms with Gasteiger partial charge in [-0.3, -0.25) is 5.10 Å². The molecule has 1 atom stereocenters. The Kier molecular flexibility index (Phi) is 3.77. The number of benzene rings is 2. The van der Waals surface area contributed by atoms with E-state index in [1.807, 2.05) is 42.7 Å². The zero-order valence-corrected chi connectivity index (χ0v) is 12.1. The van der Waals surface area contributed by atoms with Gasteiger partial charge < -0.3 is 0 Å². The molecule has 0 saturated carbocycles. The summed E-state index contributed by atoms with van der Waals surface area (Å²) in [5, 5.41) is 8.21. The van der Waals surface area contributed by atoms with Crippen LogP contribution in [-0.2, 0) is 0 Å². The summed E-state index contributed by atoms with van der Waals surface area (Å²) in [5.41, 5.74) is 3.25. The van der Waals surface area contributed by atoms with Crippen LogP contribution in [-0.4, -0.2) is 10.2 Å². The van der Waals surface area contributed by atoms with E-state index in [4.69, 9.17) is 23.2 Å². The van der Waals surface area contributed by atoms with E-state index < -0.39 is 0 Å². The maximum atomic E-state index is 6.38. The molecule has 1 unspecified atom stereocenters. The molecule has 0 amide bonds. The summed E-state index contributed by atoms with van der Waals surface area (Å²) in [6.07, 6.45) is 3.71. The molecular weight excluding hydrogens is 291 g/mol. The van der Waals surface area contributed by atoms with Gasteiger partial charge in [0.05, 0.1) is 6.20 Å². The van der Waals surface area contributed by atoms with Crippen LogP contribution in [0.4, 0.5) is 0 Å². The minimum atomic E-state index is 0.0414. The monoisotopic (exact) mass is 302 g/mol. The van der Waals surface area contributed by atoms with E-state index in [-0.39, 0.29) is 5.92 Å². The van der Waals surface area contributed by atoms with Crippen molar-refractivity contribution in [3.05, 3.63) is 87.7 Å². The number of hydrogen-bond donors (Lipinski definition) is 1. The molecule has 1 heterocycles. The van der Waals surface area contributed by atoms with Gasteiger partial charge in [-0.05, 0) is 23.3 Å². The zero-order valence-electron chi connectivity index (χ0n) is 10.6. The van der Waals surface area contributed by atoms with Gasteiger partial charge in [0, 0.05) is 27.7 Å². The van der Waals surface area contributed by atoms with E-state index in [1.54, 1.807) is 6.07 Å². The zero-order chi connectivity index (χ0) is 13.9. The van der Waals surface area contributed by atoms with Crippen LogP contribution in [0.15, 0.2) is 60.9 Å². The van der Waals surface area contributed by atoms with Crippen molar-refractivity contribution in [1.82, 2.24) is 10.2 Å². The number of halogens is 2. The lowest BCUT2D eigenvalue weighted by Gasteiger charge is -2.18. The summed E-state index contributed by atoms with van der Waals surface area (Å²) in [4.78, 5) is 0. The Labute approximate surface area is 127 Å². The van der Waals surface area contributed by atoms with E-state index in [1.165, 1.54) is 0 Å². The van der Waals surface area contributed by atoms with Gasteiger partial charge >= 0.3 is 0 Å². The average molecular weight is 303 g/mol. The van der Waals surface area contributed by atoms with Crippen molar-refractivity contribution in [3.63, 3.8) is 0 Å². The summed E-state index contributed by atoms with van der Waals surface area (Å²) in [7, 11) is 0. The highest BCUT2D eigenvalue weighted by Gasteiger charge is 2.20. The van der Waals surface area contributed by atoms with Gasteiger partial charge in [-0.1, -0.05) is 59.6 Å². The Morgan fingerprint density at radius 1 is 0.950 bits per heavy atom. The van der Waals surface area contributed by atoms with E-state index in [0.717, 1.165) is 16.7 Å². The molecule has 0 bridgehead atoms. The second-order valence-corrected chi connectivity index (χ2v) is 5.38. The van der Waals surface area contributed by atoms with E-state index in [9.17, 15) is 0 Å². The van der Waals surface area contributed by atoms with Crippen molar-refractivity contribution >= 4 is 23.2 Å². The summed E-state index contributed by atoms with van der Waals surface area (Å²) in [5.74, 6) is 0.0414. The van der Waals surface area contributed by atoms with Crippen LogP contribution in [0.3, 0.4) is 0 Å². The van der Waals surface area contributed by atoms with Crippen molar-refractivity contribution in [2.75, 3.05) is 0 Å². The van der Waals surface area contributed by atoms with E-state index in [0.29, 0.717) is 10.0 Å². The lowest BCUT2D eigenvalue weighted by atomic mass is 9.87. The van der Waals surface area contributed by atoms with Crippen LogP contribution in [0.1, 0.15) is 22.6 Å². The lowest BCUT2D eigenvalue weighted by molar-refractivity contribution is 0.979. The first-order valence-corrected chi connectivity index (χ1v) is 7.00. The Hall–Kier alpha value is -1.77. The minimum absolute atomic E-state index is 0.0414. The molecule has 20 heavy (non-hydrogen) atoms. The molecule has 2 nitrogen and oxygen atoms in total. The van der Waals surface area contributed by atoms with Gasteiger partial charge in [0.15, 0.2) is 0 Å². The third-order valence-electron chi connectivity index (χ3n) is 3.26. The first-order valence-electron chi connectivity index (χ1n) is 6.24. The largest absolute Gasteiger partial charge is 0.285 e. The normalized spacial score (nSPS) is 12.3. The maximum absolute atomic E-state index is 6.38. The second kappa shape index (κ2) is 5.70. The molecule has 0 radical (unpaired) electrons. The number of nitrogens with one attached hydrogen (secondary N) is 1. The van der Waals surface area contributed by atoms with Crippen LogP contribution in [0.5, 0.6) is 0 Å². The van der Waals surface area contributed by atoms with Crippen LogP contribution in [0.25, 0.3) is 0 Å². The van der Waals surface area contributed by atoms with Crippen molar-refractivity contribution in [2.24, 2.45) is 0 Å². The minimum Gasteiger partial charge on any atom is -0.285 e. The summed E-state index contributed by atoms with van der Waals surface area (Å²) < 4.78 is 0. The Balaban J connectivity index is 2.16. The van der Waals surface area contributed by atoms with E-state index >= 15 is 0 Å². The van der Waals surface area contributed by atoms with Gasteiger partial charge in [0.1, 0.15) is 0 Å². The lowest BCUT2D eigenvalue weighted by Crippen LogP contribution is -2.03. The Morgan fingerprint density at radius 2 is 1.75 bits per heavy atom. The molecule has 1 aromatic heterocycles. The topological polar surface area (TPSA) is 28.7 Å². The highest BCUT2D eigenvalue weighted by atomic mass is 35.5. The second-order valence-electron chi connectivity index (χ2n) is 4.54. The van der Waals surface area contributed by atoms with Crippen LogP contribution in [0, 0.1) is 0 Å². The third-order valence-corrected chi connectivity index (χ3v) is 3.82. The molecule has 0 fully saturated rings. The van der Waals surface area contributed by atoms with Gasteiger partial charge in [0.2, 0.25) is 0 Å². The smallest absolute Gasteiger partial charge is 0.0528 e. The molecule has 4 heteroatoms. The van der Waals surface area contributed by atoms with Crippen molar-refractivity contribution in [3.8, 4) is 0 Å². The molecule has 2 aromatic carbocycles. The van der Waals surface area contributed by atoms with Crippen LogP contribution in [0.2, 0.25) is 10.0 Å². The summed E-state index contributed by atoms with van der Waals surface area (Å²) in [6, 6.07) is 15.8. The molecule has 0 aliphatic rings. The Bertz CT molecular complexity index is 694. The fraction of sp³-hybridized carbons (Fsp3) is 0.0625. The predicted molar refractivity (Wildman–Crippen MR) is 82.4 cm³/mol. The molecule has 0 spiro atoms. The van der Waals surface area contributed by atoms with Crippen LogP contribution >= 0.6 is 23.2 Å². The molecular formula is C16H12Cl2N2. The third kappa shape index (κ3) is 2.58. The first kappa shape index (κ1) is 13.2. The number of rotatable bonds is 3. The molecule has 3 rings (SSSR count). The number of H-pyrrole nitrogens is 1. The SMILES string of the molecule is Clc1ccc(C(c2ccccc2)c2cn[nH]c2)c(Cl)c1. The van der Waals surface area contributed by atoms with Crippen molar-refractivity contribution in [2.45, 2.75) is 5.92 Å². The maximum Gasteiger partial charge on any atom is 0.0528 e. The van der Waals surface area contributed by atoms with Gasteiger partial charge in [0.25, 0.3) is 0 Å². The molecule has 0 aliphatic carbocycles. The average Bonchev–Trinajstić information content (AvgIpc) is 2.97. The number of aromatic amines is 1. The first-order chi connectivity index (χ1) is 9.75. The number of nitrogens with zero attached hydrogens (tertiary/aromatic N) is 1. The molecule has 0 aliphatic heterocycles. The highest BCUT2D eigenvalue weighted by Crippen LogP contribution is 2.36. The van der Waals surface area contributed by atoms with Gasteiger partial charge in [-0.15, -0.1) is 0 Å².